The summed E-state index contributed by atoms with van der Waals surface area (Å²) in [7, 11) is 0. The molecule has 90 valence electrons. The Morgan fingerprint density at radius 3 is 2.78 bits per heavy atom. The Bertz CT molecular complexity index is 602. The van der Waals surface area contributed by atoms with E-state index in [4.69, 9.17) is 5.26 Å². The predicted octanol–water partition coefficient (Wildman–Crippen LogP) is 2.58. The maximum Gasteiger partial charge on any atom is 0.144 e. The van der Waals surface area contributed by atoms with Crippen LogP contribution in [0.4, 0.5) is 5.82 Å². The molecule has 0 radical (unpaired) electrons. The standard InChI is InChI=1S/C14H13N3O/c1-10-6-7-11(8-15)14(17-10)16-9-12-4-2-3-5-13(12)18/h2-7,18H,9H2,1H3,(H,16,17). The second kappa shape index (κ2) is 5.19. The maximum atomic E-state index is 9.64. The van der Waals surface area contributed by atoms with Crippen LogP contribution in [-0.2, 0) is 6.54 Å². The smallest absolute Gasteiger partial charge is 0.144 e. The lowest BCUT2D eigenvalue weighted by molar-refractivity contribution is 0.469. The maximum absolute atomic E-state index is 9.64. The lowest BCUT2D eigenvalue weighted by Crippen LogP contribution is -2.04. The van der Waals surface area contributed by atoms with Gasteiger partial charge in [-0.05, 0) is 25.1 Å². The number of para-hydroxylation sites is 1. The van der Waals surface area contributed by atoms with Crippen LogP contribution in [0.1, 0.15) is 16.8 Å². The summed E-state index contributed by atoms with van der Waals surface area (Å²) in [6, 6.07) is 12.7. The van der Waals surface area contributed by atoms with E-state index in [1.807, 2.05) is 19.1 Å². The molecular weight excluding hydrogens is 226 g/mol. The van der Waals surface area contributed by atoms with E-state index >= 15 is 0 Å². The van der Waals surface area contributed by atoms with E-state index in [1.54, 1.807) is 24.3 Å². The number of nitrogens with one attached hydrogen (secondary N) is 1. The van der Waals surface area contributed by atoms with Crippen LogP contribution >= 0.6 is 0 Å². The molecule has 0 amide bonds. The van der Waals surface area contributed by atoms with E-state index in [-0.39, 0.29) is 5.75 Å². The molecule has 4 heteroatoms. The molecular formula is C14H13N3O. The fourth-order valence-electron chi connectivity index (χ4n) is 1.62. The first kappa shape index (κ1) is 11.9. The van der Waals surface area contributed by atoms with Gasteiger partial charge in [-0.15, -0.1) is 0 Å². The number of hydrogen-bond acceptors (Lipinski definition) is 4. The monoisotopic (exact) mass is 239 g/mol. The fraction of sp³-hybridized carbons (Fsp3) is 0.143. The average Bonchev–Trinajstić information content (AvgIpc) is 2.38. The van der Waals surface area contributed by atoms with Gasteiger partial charge in [0.25, 0.3) is 0 Å². The molecule has 2 rings (SSSR count). The van der Waals surface area contributed by atoms with Crippen LogP contribution in [0.3, 0.4) is 0 Å². The summed E-state index contributed by atoms with van der Waals surface area (Å²) in [6.45, 7) is 2.30. The van der Waals surface area contributed by atoms with Crippen molar-refractivity contribution in [3.8, 4) is 11.8 Å². The van der Waals surface area contributed by atoms with E-state index in [1.165, 1.54) is 0 Å². The predicted molar refractivity (Wildman–Crippen MR) is 69.1 cm³/mol. The second-order valence-corrected chi connectivity index (χ2v) is 3.94. The van der Waals surface area contributed by atoms with Crippen LogP contribution in [0.5, 0.6) is 5.75 Å². The molecule has 1 aromatic carbocycles. The van der Waals surface area contributed by atoms with Gasteiger partial charge in [0.15, 0.2) is 0 Å². The van der Waals surface area contributed by atoms with Crippen LogP contribution in [0.25, 0.3) is 0 Å². The summed E-state index contributed by atoms with van der Waals surface area (Å²) in [6.07, 6.45) is 0. The van der Waals surface area contributed by atoms with Crippen LogP contribution < -0.4 is 5.32 Å². The molecule has 0 aliphatic heterocycles. The highest BCUT2D eigenvalue weighted by atomic mass is 16.3. The number of aromatic hydroxyl groups is 1. The highest BCUT2D eigenvalue weighted by molar-refractivity contribution is 5.52. The van der Waals surface area contributed by atoms with Crippen molar-refractivity contribution >= 4 is 5.82 Å². The normalized spacial score (nSPS) is 9.78. The van der Waals surface area contributed by atoms with Crippen molar-refractivity contribution in [2.75, 3.05) is 5.32 Å². The summed E-state index contributed by atoms with van der Waals surface area (Å²) in [5.74, 6) is 0.775. The molecule has 0 saturated heterocycles. The van der Waals surface area contributed by atoms with Gasteiger partial charge in [0, 0.05) is 17.8 Å². The number of anilines is 1. The molecule has 0 spiro atoms. The van der Waals surface area contributed by atoms with E-state index in [0.717, 1.165) is 11.3 Å². The zero-order chi connectivity index (χ0) is 13.0. The largest absolute Gasteiger partial charge is 0.508 e. The Hall–Kier alpha value is -2.54. The van der Waals surface area contributed by atoms with Crippen molar-refractivity contribution in [3.05, 3.63) is 53.2 Å². The molecule has 0 saturated carbocycles. The molecule has 0 aliphatic carbocycles. The quantitative estimate of drug-likeness (QED) is 0.863. The minimum absolute atomic E-state index is 0.233. The third kappa shape index (κ3) is 2.58. The zero-order valence-electron chi connectivity index (χ0n) is 10.0. The summed E-state index contributed by atoms with van der Waals surface area (Å²) in [5.41, 5.74) is 2.11. The van der Waals surface area contributed by atoms with Crippen molar-refractivity contribution in [1.82, 2.24) is 4.98 Å². The first-order valence-corrected chi connectivity index (χ1v) is 5.59. The number of phenols is 1. The average molecular weight is 239 g/mol. The molecule has 0 fully saturated rings. The number of pyridine rings is 1. The van der Waals surface area contributed by atoms with Crippen LogP contribution in [0.2, 0.25) is 0 Å². The van der Waals surface area contributed by atoms with Crippen molar-refractivity contribution < 1.29 is 5.11 Å². The molecule has 2 aromatic rings. The number of nitriles is 1. The molecule has 0 unspecified atom stereocenters. The fourth-order valence-corrected chi connectivity index (χ4v) is 1.62. The Kier molecular flexibility index (Phi) is 3.44. The SMILES string of the molecule is Cc1ccc(C#N)c(NCc2ccccc2O)n1. The van der Waals surface area contributed by atoms with E-state index in [9.17, 15) is 5.11 Å². The van der Waals surface area contributed by atoms with Crippen molar-refractivity contribution in [2.45, 2.75) is 13.5 Å². The molecule has 0 aliphatic rings. The summed E-state index contributed by atoms with van der Waals surface area (Å²) < 4.78 is 0. The van der Waals surface area contributed by atoms with Crippen molar-refractivity contribution in [1.29, 1.82) is 5.26 Å². The molecule has 2 N–H and O–H groups in total. The minimum atomic E-state index is 0.233. The van der Waals surface area contributed by atoms with Gasteiger partial charge in [-0.1, -0.05) is 18.2 Å². The van der Waals surface area contributed by atoms with Gasteiger partial charge >= 0.3 is 0 Å². The Balaban J connectivity index is 2.18. The van der Waals surface area contributed by atoms with Gasteiger partial charge in [-0.2, -0.15) is 5.26 Å². The van der Waals surface area contributed by atoms with Gasteiger partial charge in [0.1, 0.15) is 17.6 Å². The third-order valence-electron chi connectivity index (χ3n) is 2.59. The van der Waals surface area contributed by atoms with Gasteiger partial charge in [0.05, 0.1) is 5.56 Å². The molecule has 0 bridgehead atoms. The first-order chi connectivity index (χ1) is 8.70. The first-order valence-electron chi connectivity index (χ1n) is 5.59. The van der Waals surface area contributed by atoms with Gasteiger partial charge < -0.3 is 10.4 Å². The molecule has 1 aromatic heterocycles. The van der Waals surface area contributed by atoms with Crippen LogP contribution in [-0.4, -0.2) is 10.1 Å². The zero-order valence-corrected chi connectivity index (χ0v) is 10.0. The molecule has 4 nitrogen and oxygen atoms in total. The van der Waals surface area contributed by atoms with Crippen LogP contribution in [0.15, 0.2) is 36.4 Å². The third-order valence-corrected chi connectivity index (χ3v) is 2.59. The van der Waals surface area contributed by atoms with Crippen molar-refractivity contribution in [3.63, 3.8) is 0 Å². The van der Waals surface area contributed by atoms with Crippen LogP contribution in [0, 0.1) is 18.3 Å². The van der Waals surface area contributed by atoms with Crippen molar-refractivity contribution in [2.24, 2.45) is 0 Å². The second-order valence-electron chi connectivity index (χ2n) is 3.94. The number of aryl methyl sites for hydroxylation is 1. The summed E-state index contributed by atoms with van der Waals surface area (Å²) in [5, 5.41) is 21.7. The van der Waals surface area contributed by atoms with Gasteiger partial charge in [0.2, 0.25) is 0 Å². The topological polar surface area (TPSA) is 68.9 Å². The molecule has 18 heavy (non-hydrogen) atoms. The summed E-state index contributed by atoms with van der Waals surface area (Å²) in [4.78, 5) is 4.27. The van der Waals surface area contributed by atoms with E-state index in [0.29, 0.717) is 17.9 Å². The Labute approximate surface area is 106 Å². The number of rotatable bonds is 3. The highest BCUT2D eigenvalue weighted by Crippen LogP contribution is 2.18. The highest BCUT2D eigenvalue weighted by Gasteiger charge is 2.05. The Morgan fingerprint density at radius 1 is 1.28 bits per heavy atom. The Morgan fingerprint density at radius 2 is 2.06 bits per heavy atom. The lowest BCUT2D eigenvalue weighted by Gasteiger charge is -2.09. The number of phenolic OH excluding ortho intramolecular Hbond substituents is 1. The number of benzene rings is 1. The number of aromatic nitrogens is 1. The minimum Gasteiger partial charge on any atom is -0.508 e. The summed E-state index contributed by atoms with van der Waals surface area (Å²) >= 11 is 0. The number of nitrogens with zero attached hydrogens (tertiary/aromatic N) is 2. The van der Waals surface area contributed by atoms with Gasteiger partial charge in [-0.3, -0.25) is 0 Å². The molecule has 0 atom stereocenters. The van der Waals surface area contributed by atoms with Gasteiger partial charge in [-0.25, -0.2) is 4.98 Å². The lowest BCUT2D eigenvalue weighted by atomic mass is 10.2. The number of hydrogen-bond donors (Lipinski definition) is 2. The van der Waals surface area contributed by atoms with E-state index < -0.39 is 0 Å². The van der Waals surface area contributed by atoms with E-state index in [2.05, 4.69) is 16.4 Å². The molecule has 1 heterocycles.